The highest BCUT2D eigenvalue weighted by Gasteiger charge is 2.12. The van der Waals surface area contributed by atoms with Crippen LogP contribution in [0.3, 0.4) is 0 Å². The van der Waals surface area contributed by atoms with E-state index in [1.54, 1.807) is 0 Å². The summed E-state index contributed by atoms with van der Waals surface area (Å²) >= 11 is 2.72. The van der Waals surface area contributed by atoms with E-state index in [9.17, 15) is 4.79 Å². The number of thiazole rings is 2. The molecule has 0 unspecified atom stereocenters. The van der Waals surface area contributed by atoms with Crippen LogP contribution in [0.4, 0.5) is 11.5 Å². The fourth-order valence-corrected chi connectivity index (χ4v) is 4.40. The maximum absolute atomic E-state index is 11.5. The van der Waals surface area contributed by atoms with Gasteiger partial charge >= 0.3 is 4.87 Å². The van der Waals surface area contributed by atoms with Crippen molar-refractivity contribution in [2.45, 2.75) is 0 Å². The van der Waals surface area contributed by atoms with E-state index in [4.69, 9.17) is 4.98 Å². The molecule has 0 atom stereocenters. The van der Waals surface area contributed by atoms with Gasteiger partial charge in [0.1, 0.15) is 21.7 Å². The molecule has 8 heteroatoms. The molecule has 2 aromatic carbocycles. The summed E-state index contributed by atoms with van der Waals surface area (Å²) in [6, 6.07) is 15.7. The van der Waals surface area contributed by atoms with Crippen molar-refractivity contribution in [3.8, 4) is 10.6 Å². The lowest BCUT2D eigenvalue weighted by molar-refractivity contribution is 1.22. The molecule has 0 aliphatic heterocycles. The minimum atomic E-state index is -0.0615. The van der Waals surface area contributed by atoms with Crippen LogP contribution >= 0.6 is 22.7 Å². The number of fused-ring (bicyclic) bond motifs is 2. The van der Waals surface area contributed by atoms with Gasteiger partial charge in [-0.2, -0.15) is 0 Å². The van der Waals surface area contributed by atoms with Gasteiger partial charge in [-0.25, -0.2) is 15.0 Å². The summed E-state index contributed by atoms with van der Waals surface area (Å²) in [6.07, 6.45) is 1.53. The van der Waals surface area contributed by atoms with E-state index in [-0.39, 0.29) is 4.87 Å². The second-order valence-electron chi connectivity index (χ2n) is 5.61. The van der Waals surface area contributed by atoms with E-state index >= 15 is 0 Å². The third kappa shape index (κ3) is 2.65. The molecule has 0 spiro atoms. The zero-order valence-corrected chi connectivity index (χ0v) is 14.9. The molecule has 0 saturated carbocycles. The van der Waals surface area contributed by atoms with Gasteiger partial charge in [0, 0.05) is 11.3 Å². The average molecular weight is 377 g/mol. The zero-order chi connectivity index (χ0) is 17.5. The first-order chi connectivity index (χ1) is 12.8. The SMILES string of the molecule is O=c1[nH]c2ccc(Nc3ncnc4sc(-c5ccccc5)nc34)cc2s1. The Bertz CT molecular complexity index is 1290. The monoisotopic (exact) mass is 377 g/mol. The second kappa shape index (κ2) is 6.01. The molecule has 5 aromatic rings. The summed E-state index contributed by atoms with van der Waals surface area (Å²) in [5.41, 5.74) is 3.47. The van der Waals surface area contributed by atoms with Gasteiger partial charge in [-0.3, -0.25) is 4.79 Å². The van der Waals surface area contributed by atoms with Crippen molar-refractivity contribution in [2.24, 2.45) is 0 Å². The summed E-state index contributed by atoms with van der Waals surface area (Å²) in [4.78, 5) is 28.5. The summed E-state index contributed by atoms with van der Waals surface area (Å²) in [6.45, 7) is 0. The normalized spacial score (nSPS) is 11.2. The van der Waals surface area contributed by atoms with Crippen LogP contribution in [-0.4, -0.2) is 19.9 Å². The van der Waals surface area contributed by atoms with Crippen molar-refractivity contribution in [1.82, 2.24) is 19.9 Å². The number of hydrogen-bond acceptors (Lipinski definition) is 7. The number of nitrogens with one attached hydrogen (secondary N) is 2. The van der Waals surface area contributed by atoms with Gasteiger partial charge in [-0.15, -0.1) is 0 Å². The van der Waals surface area contributed by atoms with Crippen LogP contribution in [0.2, 0.25) is 0 Å². The molecule has 3 heterocycles. The topological polar surface area (TPSA) is 83.6 Å². The van der Waals surface area contributed by atoms with E-state index in [1.807, 2.05) is 48.5 Å². The number of hydrogen-bond donors (Lipinski definition) is 2. The molecule has 0 amide bonds. The highest BCUT2D eigenvalue weighted by Crippen LogP contribution is 2.32. The molecule has 0 bridgehead atoms. The van der Waals surface area contributed by atoms with Crippen LogP contribution in [0.1, 0.15) is 0 Å². The molecule has 5 rings (SSSR count). The Morgan fingerprint density at radius 2 is 1.88 bits per heavy atom. The third-order valence-electron chi connectivity index (χ3n) is 3.90. The second-order valence-corrected chi connectivity index (χ2v) is 7.60. The summed E-state index contributed by atoms with van der Waals surface area (Å²) < 4.78 is 0.897. The van der Waals surface area contributed by atoms with Gasteiger partial charge in [0.2, 0.25) is 0 Å². The quantitative estimate of drug-likeness (QED) is 0.487. The van der Waals surface area contributed by atoms with Gasteiger partial charge in [0.15, 0.2) is 5.82 Å². The molecule has 0 aliphatic carbocycles. The number of benzene rings is 2. The Balaban J connectivity index is 1.57. The molecular weight excluding hydrogens is 366 g/mol. The van der Waals surface area contributed by atoms with Crippen LogP contribution < -0.4 is 10.2 Å². The van der Waals surface area contributed by atoms with Crippen molar-refractivity contribution in [1.29, 1.82) is 0 Å². The van der Waals surface area contributed by atoms with E-state index < -0.39 is 0 Å². The Kier molecular flexibility index (Phi) is 3.51. The molecule has 0 fully saturated rings. The van der Waals surface area contributed by atoms with E-state index in [0.29, 0.717) is 5.82 Å². The van der Waals surface area contributed by atoms with Crippen LogP contribution in [-0.2, 0) is 0 Å². The maximum Gasteiger partial charge on any atom is 0.305 e. The number of H-pyrrole nitrogens is 1. The standard InChI is InChI=1S/C18H11N5OS2/c24-18-22-12-7-6-11(8-13(12)25-18)21-15-14-17(20-9-19-15)26-16(23-14)10-4-2-1-3-5-10/h1-9H,(H,22,24)(H,19,20,21). The first kappa shape index (κ1) is 15.2. The van der Waals surface area contributed by atoms with Crippen molar-refractivity contribution in [2.75, 3.05) is 5.32 Å². The number of anilines is 2. The largest absolute Gasteiger partial charge is 0.338 e. The lowest BCUT2D eigenvalue weighted by Crippen LogP contribution is -1.95. The van der Waals surface area contributed by atoms with Gasteiger partial charge in [-0.05, 0) is 18.2 Å². The average Bonchev–Trinajstić information content (AvgIpc) is 3.25. The number of aromatic amines is 1. The Morgan fingerprint density at radius 1 is 1.00 bits per heavy atom. The fourth-order valence-electron chi connectivity index (χ4n) is 2.71. The lowest BCUT2D eigenvalue weighted by Gasteiger charge is -2.05. The molecule has 26 heavy (non-hydrogen) atoms. The number of aromatic nitrogens is 4. The minimum Gasteiger partial charge on any atom is -0.338 e. The molecule has 0 saturated heterocycles. The first-order valence-corrected chi connectivity index (χ1v) is 9.46. The number of nitrogens with zero attached hydrogens (tertiary/aromatic N) is 3. The van der Waals surface area contributed by atoms with Gasteiger partial charge in [-0.1, -0.05) is 53.0 Å². The van der Waals surface area contributed by atoms with Crippen molar-refractivity contribution in [3.05, 3.63) is 64.5 Å². The van der Waals surface area contributed by atoms with E-state index in [1.165, 1.54) is 29.0 Å². The lowest BCUT2D eigenvalue weighted by atomic mass is 10.2. The Morgan fingerprint density at radius 3 is 2.77 bits per heavy atom. The van der Waals surface area contributed by atoms with Crippen LogP contribution in [0.15, 0.2) is 59.7 Å². The van der Waals surface area contributed by atoms with Gasteiger partial charge in [0.25, 0.3) is 0 Å². The minimum absolute atomic E-state index is 0.0615. The highest BCUT2D eigenvalue weighted by atomic mass is 32.1. The van der Waals surface area contributed by atoms with E-state index in [2.05, 4.69) is 20.3 Å². The molecular formula is C18H11N5OS2. The van der Waals surface area contributed by atoms with Crippen molar-refractivity contribution < 1.29 is 0 Å². The zero-order valence-electron chi connectivity index (χ0n) is 13.3. The van der Waals surface area contributed by atoms with Crippen molar-refractivity contribution >= 4 is 54.7 Å². The number of rotatable bonds is 3. The Labute approximate surface area is 155 Å². The predicted octanol–water partition coefficient (Wildman–Crippen LogP) is 4.40. The summed E-state index contributed by atoms with van der Waals surface area (Å²) in [7, 11) is 0. The summed E-state index contributed by atoms with van der Waals surface area (Å²) in [5, 5.41) is 4.20. The van der Waals surface area contributed by atoms with Crippen LogP contribution in [0, 0.1) is 0 Å². The molecule has 0 radical (unpaired) electrons. The third-order valence-corrected chi connectivity index (χ3v) is 5.76. The highest BCUT2D eigenvalue weighted by molar-refractivity contribution is 7.21. The molecule has 2 N–H and O–H groups in total. The molecule has 0 aliphatic rings. The molecule has 126 valence electrons. The predicted molar refractivity (Wildman–Crippen MR) is 106 cm³/mol. The maximum atomic E-state index is 11.5. The van der Waals surface area contributed by atoms with Gasteiger partial charge in [0.05, 0.1) is 10.2 Å². The van der Waals surface area contributed by atoms with Crippen LogP contribution in [0.25, 0.3) is 31.1 Å². The first-order valence-electron chi connectivity index (χ1n) is 7.83. The molecule has 6 nitrogen and oxygen atoms in total. The van der Waals surface area contributed by atoms with Crippen molar-refractivity contribution in [3.63, 3.8) is 0 Å². The van der Waals surface area contributed by atoms with Gasteiger partial charge < -0.3 is 10.3 Å². The smallest absolute Gasteiger partial charge is 0.305 e. The summed E-state index contributed by atoms with van der Waals surface area (Å²) in [5.74, 6) is 0.649. The van der Waals surface area contributed by atoms with E-state index in [0.717, 1.165) is 36.8 Å². The molecule has 3 aromatic heterocycles. The fraction of sp³-hybridized carbons (Fsp3) is 0. The Hall–Kier alpha value is -3.10. The van der Waals surface area contributed by atoms with Crippen LogP contribution in [0.5, 0.6) is 0 Å².